The zero-order chi connectivity index (χ0) is 14.5. The highest BCUT2D eigenvalue weighted by atomic mass is 16.2. The van der Waals surface area contributed by atoms with E-state index in [0.29, 0.717) is 6.54 Å². The molecule has 1 aliphatic rings. The third-order valence-electron chi connectivity index (χ3n) is 3.42. The van der Waals surface area contributed by atoms with E-state index in [2.05, 4.69) is 28.4 Å². The van der Waals surface area contributed by atoms with Gasteiger partial charge in [0.05, 0.1) is 6.54 Å². The van der Waals surface area contributed by atoms with Gasteiger partial charge in [-0.3, -0.25) is 4.79 Å². The van der Waals surface area contributed by atoms with Gasteiger partial charge in [0.25, 0.3) is 0 Å². The molecule has 2 rings (SSSR count). The molecule has 1 aromatic rings. The number of hydrogen-bond donors (Lipinski definition) is 2. The predicted octanol–water partition coefficient (Wildman–Crippen LogP) is 2.14. The molecule has 0 fully saturated rings. The van der Waals surface area contributed by atoms with E-state index in [4.69, 9.17) is 6.42 Å². The molecule has 0 saturated heterocycles. The summed E-state index contributed by atoms with van der Waals surface area (Å²) < 4.78 is 0. The largest absolute Gasteiger partial charge is 0.360 e. The van der Waals surface area contributed by atoms with E-state index in [-0.39, 0.29) is 11.9 Å². The standard InChI is InChI=1S/C16H21N3O/c1-4-9-19(10-5-2)12-7-8-13-14(11-12)18-16(20)15(13)17-6-3/h1,7-8,11,15,17H,5-6,9-10H2,2-3H3,(H,18,20). The Labute approximate surface area is 120 Å². The second-order valence-corrected chi connectivity index (χ2v) is 4.88. The van der Waals surface area contributed by atoms with Gasteiger partial charge in [-0.05, 0) is 25.1 Å². The summed E-state index contributed by atoms with van der Waals surface area (Å²) in [7, 11) is 0. The Morgan fingerprint density at radius 2 is 2.25 bits per heavy atom. The molecule has 0 bridgehead atoms. The molecule has 1 aliphatic heterocycles. The molecule has 4 heteroatoms. The monoisotopic (exact) mass is 271 g/mol. The Kier molecular flexibility index (Phi) is 4.65. The number of fused-ring (bicyclic) bond motifs is 1. The summed E-state index contributed by atoms with van der Waals surface area (Å²) in [6.07, 6.45) is 6.45. The van der Waals surface area contributed by atoms with Crippen molar-refractivity contribution in [2.45, 2.75) is 26.3 Å². The zero-order valence-electron chi connectivity index (χ0n) is 12.1. The van der Waals surface area contributed by atoms with Crippen LogP contribution in [0.2, 0.25) is 0 Å². The van der Waals surface area contributed by atoms with Crippen LogP contribution in [-0.2, 0) is 4.79 Å². The van der Waals surface area contributed by atoms with Gasteiger partial charge in [0, 0.05) is 23.5 Å². The van der Waals surface area contributed by atoms with Crippen LogP contribution in [0.15, 0.2) is 18.2 Å². The summed E-state index contributed by atoms with van der Waals surface area (Å²) in [4.78, 5) is 14.1. The lowest BCUT2D eigenvalue weighted by molar-refractivity contribution is -0.117. The number of benzene rings is 1. The summed E-state index contributed by atoms with van der Waals surface area (Å²) >= 11 is 0. The lowest BCUT2D eigenvalue weighted by atomic mass is 10.1. The van der Waals surface area contributed by atoms with Crippen molar-refractivity contribution in [3.63, 3.8) is 0 Å². The molecular weight excluding hydrogens is 250 g/mol. The van der Waals surface area contributed by atoms with E-state index >= 15 is 0 Å². The summed E-state index contributed by atoms with van der Waals surface area (Å²) in [5.74, 6) is 2.69. The first-order chi connectivity index (χ1) is 9.71. The summed E-state index contributed by atoms with van der Waals surface area (Å²) in [6, 6.07) is 5.82. The van der Waals surface area contributed by atoms with E-state index in [1.807, 2.05) is 25.1 Å². The van der Waals surface area contributed by atoms with E-state index in [1.54, 1.807) is 0 Å². The molecule has 1 unspecified atom stereocenters. The van der Waals surface area contributed by atoms with Crippen LogP contribution in [-0.4, -0.2) is 25.5 Å². The molecule has 1 heterocycles. The minimum absolute atomic E-state index is 0.0120. The SMILES string of the molecule is C#CCN(CCC)c1ccc2c(c1)NC(=O)C2NCC. The fourth-order valence-corrected chi connectivity index (χ4v) is 2.53. The Balaban J connectivity index is 2.27. The van der Waals surface area contributed by atoms with E-state index in [9.17, 15) is 4.79 Å². The number of amides is 1. The number of nitrogens with zero attached hydrogens (tertiary/aromatic N) is 1. The first-order valence-corrected chi connectivity index (χ1v) is 7.07. The van der Waals surface area contributed by atoms with E-state index in [1.165, 1.54) is 0 Å². The summed E-state index contributed by atoms with van der Waals surface area (Å²) in [5.41, 5.74) is 2.95. The molecule has 0 aromatic heterocycles. The summed E-state index contributed by atoms with van der Waals surface area (Å²) in [6.45, 7) is 6.37. The van der Waals surface area contributed by atoms with Gasteiger partial charge >= 0.3 is 0 Å². The number of nitrogens with one attached hydrogen (secondary N) is 2. The molecule has 0 saturated carbocycles. The maximum absolute atomic E-state index is 11.9. The Morgan fingerprint density at radius 3 is 2.90 bits per heavy atom. The van der Waals surface area contributed by atoms with Crippen molar-refractivity contribution in [1.82, 2.24) is 5.32 Å². The molecule has 1 aromatic carbocycles. The quantitative estimate of drug-likeness (QED) is 0.779. The van der Waals surface area contributed by atoms with Crippen molar-refractivity contribution in [2.75, 3.05) is 29.9 Å². The topological polar surface area (TPSA) is 44.4 Å². The van der Waals surface area contributed by atoms with Crippen LogP contribution in [0.1, 0.15) is 31.9 Å². The van der Waals surface area contributed by atoms with Gasteiger partial charge in [-0.1, -0.05) is 25.8 Å². The third-order valence-corrected chi connectivity index (χ3v) is 3.42. The predicted molar refractivity (Wildman–Crippen MR) is 82.8 cm³/mol. The molecular formula is C16H21N3O. The molecule has 2 N–H and O–H groups in total. The van der Waals surface area contributed by atoms with Crippen LogP contribution in [0.25, 0.3) is 0 Å². The maximum atomic E-state index is 11.9. The molecule has 0 spiro atoms. The van der Waals surface area contributed by atoms with Crippen molar-refractivity contribution in [2.24, 2.45) is 0 Å². The minimum Gasteiger partial charge on any atom is -0.360 e. The Hall–Kier alpha value is -1.99. The molecule has 0 aliphatic carbocycles. The number of anilines is 2. The summed E-state index contributed by atoms with van der Waals surface area (Å²) in [5, 5.41) is 6.12. The van der Waals surface area contributed by atoms with Crippen LogP contribution >= 0.6 is 0 Å². The molecule has 106 valence electrons. The fraction of sp³-hybridized carbons (Fsp3) is 0.438. The molecule has 1 amide bonds. The van der Waals surface area contributed by atoms with E-state index < -0.39 is 0 Å². The van der Waals surface area contributed by atoms with Crippen molar-refractivity contribution in [1.29, 1.82) is 0 Å². The average Bonchev–Trinajstić information content (AvgIpc) is 2.74. The minimum atomic E-state index is -0.240. The Bertz CT molecular complexity index is 533. The molecule has 0 radical (unpaired) electrons. The second kappa shape index (κ2) is 6.44. The zero-order valence-corrected chi connectivity index (χ0v) is 12.1. The van der Waals surface area contributed by atoms with Gasteiger partial charge in [-0.25, -0.2) is 0 Å². The van der Waals surface area contributed by atoms with E-state index in [0.717, 1.165) is 36.4 Å². The van der Waals surface area contributed by atoms with Crippen molar-refractivity contribution in [3.8, 4) is 12.3 Å². The van der Waals surface area contributed by atoms with Crippen LogP contribution in [0, 0.1) is 12.3 Å². The number of carbonyl (C=O) groups is 1. The highest BCUT2D eigenvalue weighted by Gasteiger charge is 2.29. The molecule has 4 nitrogen and oxygen atoms in total. The van der Waals surface area contributed by atoms with Crippen LogP contribution in [0.5, 0.6) is 0 Å². The van der Waals surface area contributed by atoms with Gasteiger partial charge in [0.1, 0.15) is 6.04 Å². The number of terminal acetylenes is 1. The van der Waals surface area contributed by atoms with Crippen LogP contribution in [0.3, 0.4) is 0 Å². The van der Waals surface area contributed by atoms with Gasteiger partial charge in [-0.15, -0.1) is 6.42 Å². The Morgan fingerprint density at radius 1 is 1.45 bits per heavy atom. The van der Waals surface area contributed by atoms with Crippen LogP contribution < -0.4 is 15.5 Å². The van der Waals surface area contributed by atoms with Gasteiger partial charge in [-0.2, -0.15) is 0 Å². The third kappa shape index (κ3) is 2.78. The first-order valence-electron chi connectivity index (χ1n) is 7.07. The second-order valence-electron chi connectivity index (χ2n) is 4.88. The highest BCUT2D eigenvalue weighted by Crippen LogP contribution is 2.34. The average molecular weight is 271 g/mol. The van der Waals surface area contributed by atoms with Crippen molar-refractivity contribution < 1.29 is 4.79 Å². The maximum Gasteiger partial charge on any atom is 0.246 e. The first kappa shape index (κ1) is 14.4. The van der Waals surface area contributed by atoms with Crippen LogP contribution in [0.4, 0.5) is 11.4 Å². The lowest BCUT2D eigenvalue weighted by Crippen LogP contribution is -2.27. The number of hydrogen-bond acceptors (Lipinski definition) is 3. The van der Waals surface area contributed by atoms with Crippen molar-refractivity contribution in [3.05, 3.63) is 23.8 Å². The highest BCUT2D eigenvalue weighted by molar-refractivity contribution is 6.03. The van der Waals surface area contributed by atoms with Gasteiger partial charge < -0.3 is 15.5 Å². The van der Waals surface area contributed by atoms with Gasteiger partial charge in [0.15, 0.2) is 0 Å². The smallest absolute Gasteiger partial charge is 0.246 e. The normalized spacial score (nSPS) is 16.4. The number of carbonyl (C=O) groups excluding carboxylic acids is 1. The number of likely N-dealkylation sites (N-methyl/N-ethyl adjacent to an activating group) is 1. The fourth-order valence-electron chi connectivity index (χ4n) is 2.53. The molecule has 20 heavy (non-hydrogen) atoms. The lowest BCUT2D eigenvalue weighted by Gasteiger charge is -2.22. The van der Waals surface area contributed by atoms with Gasteiger partial charge in [0.2, 0.25) is 5.91 Å². The number of rotatable bonds is 6. The molecule has 1 atom stereocenters. The van der Waals surface area contributed by atoms with Crippen molar-refractivity contribution >= 4 is 17.3 Å².